The molecule has 4 rings (SSSR count). The maximum atomic E-state index is 13.4. The maximum Gasteiger partial charge on any atom is 0.261 e. The Morgan fingerprint density at radius 3 is 2.68 bits per heavy atom. The number of aryl methyl sites for hydroxylation is 1. The number of hydrogen-bond acceptors (Lipinski definition) is 3. The topological polar surface area (TPSA) is 66.3 Å². The fourth-order valence-electron chi connectivity index (χ4n) is 3.98. The summed E-state index contributed by atoms with van der Waals surface area (Å²) in [6.07, 6.45) is 5.51. The molecular formula is C23H24N2O3. The molecule has 5 nitrogen and oxygen atoms in total. The van der Waals surface area contributed by atoms with E-state index in [0.717, 1.165) is 48.3 Å². The summed E-state index contributed by atoms with van der Waals surface area (Å²) in [7, 11) is 0. The smallest absolute Gasteiger partial charge is 0.261 e. The van der Waals surface area contributed by atoms with E-state index in [2.05, 4.69) is 4.98 Å². The van der Waals surface area contributed by atoms with Gasteiger partial charge in [-0.3, -0.25) is 9.59 Å². The van der Waals surface area contributed by atoms with E-state index >= 15 is 0 Å². The highest BCUT2D eigenvalue weighted by atomic mass is 16.3. The van der Waals surface area contributed by atoms with Crippen LogP contribution in [0.5, 0.6) is 0 Å². The Hall–Kier alpha value is -3.08. The van der Waals surface area contributed by atoms with Crippen molar-refractivity contribution in [1.82, 2.24) is 9.88 Å². The van der Waals surface area contributed by atoms with Crippen LogP contribution in [0.2, 0.25) is 0 Å². The molecule has 1 saturated heterocycles. The summed E-state index contributed by atoms with van der Waals surface area (Å²) in [6.45, 7) is 2.48. The van der Waals surface area contributed by atoms with Crippen LogP contribution in [0.25, 0.3) is 11.1 Å². The summed E-state index contributed by atoms with van der Waals surface area (Å²) in [6, 6.07) is 15.1. The van der Waals surface area contributed by atoms with Gasteiger partial charge in [-0.25, -0.2) is 0 Å². The number of likely N-dealkylation sites (tertiary alicyclic amines) is 1. The Kier molecular flexibility index (Phi) is 5.15. The van der Waals surface area contributed by atoms with Crippen LogP contribution >= 0.6 is 0 Å². The van der Waals surface area contributed by atoms with Crippen LogP contribution in [-0.2, 0) is 0 Å². The molecule has 28 heavy (non-hydrogen) atoms. The maximum absolute atomic E-state index is 13.4. The summed E-state index contributed by atoms with van der Waals surface area (Å²) < 4.78 is 5.61. The molecule has 3 heterocycles. The van der Waals surface area contributed by atoms with E-state index in [-0.39, 0.29) is 23.1 Å². The Balaban J connectivity index is 1.75. The van der Waals surface area contributed by atoms with Gasteiger partial charge in [-0.2, -0.15) is 0 Å². The summed E-state index contributed by atoms with van der Waals surface area (Å²) >= 11 is 0. The normalized spacial score (nSPS) is 17.3. The van der Waals surface area contributed by atoms with Gasteiger partial charge < -0.3 is 14.3 Å². The van der Waals surface area contributed by atoms with E-state index < -0.39 is 0 Å². The zero-order valence-electron chi connectivity index (χ0n) is 16.0. The first-order chi connectivity index (χ1) is 13.6. The van der Waals surface area contributed by atoms with Crippen LogP contribution < -0.4 is 5.56 Å². The minimum atomic E-state index is -0.343. The molecule has 1 aliphatic heterocycles. The fraction of sp³-hybridized carbons (Fsp3) is 0.304. The summed E-state index contributed by atoms with van der Waals surface area (Å²) in [5.74, 6) is 0.545. The molecule has 1 aliphatic rings. The summed E-state index contributed by atoms with van der Waals surface area (Å²) in [4.78, 5) is 30.8. The Morgan fingerprint density at radius 2 is 1.93 bits per heavy atom. The fourth-order valence-corrected chi connectivity index (χ4v) is 3.98. The summed E-state index contributed by atoms with van der Waals surface area (Å²) in [5.41, 5.74) is 2.44. The number of pyridine rings is 1. The standard InChI is InChI=1S/C23H24N2O3/c1-16-18(17-9-4-2-5-10-17)15-19(22(26)24-16)23(27)25-13-7-3-6-11-20(25)21-12-8-14-28-21/h2,4-5,8-10,12,14-15,20H,3,6-7,11,13H2,1H3,(H,24,26)/t20-/m0/s1. The van der Waals surface area contributed by atoms with Crippen molar-refractivity contribution in [3.05, 3.63) is 82.2 Å². The monoisotopic (exact) mass is 376 g/mol. The molecule has 0 spiro atoms. The van der Waals surface area contributed by atoms with Crippen molar-refractivity contribution in [3.8, 4) is 11.1 Å². The first kappa shape index (κ1) is 18.3. The molecule has 1 aromatic carbocycles. The molecule has 0 radical (unpaired) electrons. The lowest BCUT2D eigenvalue weighted by Gasteiger charge is -2.28. The number of aromatic amines is 1. The molecule has 1 amide bonds. The highest BCUT2D eigenvalue weighted by molar-refractivity contribution is 5.95. The van der Waals surface area contributed by atoms with Gasteiger partial charge in [0.25, 0.3) is 11.5 Å². The number of furan rings is 1. The quantitative estimate of drug-likeness (QED) is 0.720. The predicted octanol–water partition coefficient (Wildman–Crippen LogP) is 4.70. The van der Waals surface area contributed by atoms with Gasteiger partial charge in [-0.15, -0.1) is 0 Å². The SMILES string of the molecule is Cc1[nH]c(=O)c(C(=O)N2CCCCC[C@H]2c2ccco2)cc1-c1ccccc1. The second-order valence-corrected chi connectivity index (χ2v) is 7.30. The lowest BCUT2D eigenvalue weighted by atomic mass is 10.0. The average Bonchev–Trinajstić information content (AvgIpc) is 3.13. The zero-order chi connectivity index (χ0) is 19.5. The molecule has 5 heteroatoms. The number of carbonyl (C=O) groups is 1. The first-order valence-corrected chi connectivity index (χ1v) is 9.79. The van der Waals surface area contributed by atoms with E-state index in [1.165, 1.54) is 0 Å². The number of aromatic nitrogens is 1. The van der Waals surface area contributed by atoms with Gasteiger partial charge in [0, 0.05) is 17.8 Å². The first-order valence-electron chi connectivity index (χ1n) is 9.79. The highest BCUT2D eigenvalue weighted by Crippen LogP contribution is 2.32. The van der Waals surface area contributed by atoms with Gasteiger partial charge in [-0.1, -0.05) is 43.2 Å². The zero-order valence-corrected chi connectivity index (χ0v) is 16.0. The van der Waals surface area contributed by atoms with Gasteiger partial charge >= 0.3 is 0 Å². The van der Waals surface area contributed by atoms with Crippen LogP contribution in [0.15, 0.2) is 64.0 Å². The van der Waals surface area contributed by atoms with Gasteiger partial charge in [0.05, 0.1) is 12.3 Å². The number of hydrogen-bond donors (Lipinski definition) is 1. The Bertz CT molecular complexity index is 1010. The van der Waals surface area contributed by atoms with E-state index in [0.29, 0.717) is 6.54 Å². The highest BCUT2D eigenvalue weighted by Gasteiger charge is 2.30. The molecule has 0 unspecified atom stereocenters. The third-order valence-electron chi connectivity index (χ3n) is 5.44. The van der Waals surface area contributed by atoms with Crippen molar-refractivity contribution in [3.63, 3.8) is 0 Å². The Morgan fingerprint density at radius 1 is 1.11 bits per heavy atom. The molecule has 1 N–H and O–H groups in total. The minimum Gasteiger partial charge on any atom is -0.467 e. The molecular weight excluding hydrogens is 352 g/mol. The lowest BCUT2D eigenvalue weighted by molar-refractivity contribution is 0.0656. The van der Waals surface area contributed by atoms with Crippen molar-refractivity contribution in [2.24, 2.45) is 0 Å². The molecule has 0 bridgehead atoms. The van der Waals surface area contributed by atoms with Crippen LogP contribution in [0.1, 0.15) is 53.5 Å². The van der Waals surface area contributed by atoms with E-state index in [9.17, 15) is 9.59 Å². The molecule has 1 fully saturated rings. The summed E-state index contributed by atoms with van der Waals surface area (Å²) in [5, 5.41) is 0. The average molecular weight is 376 g/mol. The number of benzene rings is 1. The second kappa shape index (κ2) is 7.89. The predicted molar refractivity (Wildman–Crippen MR) is 108 cm³/mol. The molecule has 2 aromatic heterocycles. The van der Waals surface area contributed by atoms with Crippen molar-refractivity contribution >= 4 is 5.91 Å². The van der Waals surface area contributed by atoms with E-state index in [1.54, 1.807) is 17.2 Å². The molecule has 0 saturated carbocycles. The van der Waals surface area contributed by atoms with Crippen molar-refractivity contribution in [2.75, 3.05) is 6.54 Å². The molecule has 1 atom stereocenters. The number of carbonyl (C=O) groups excluding carboxylic acids is 1. The van der Waals surface area contributed by atoms with Gasteiger partial charge in [0.1, 0.15) is 11.3 Å². The van der Waals surface area contributed by atoms with Crippen molar-refractivity contribution < 1.29 is 9.21 Å². The van der Waals surface area contributed by atoms with Gasteiger partial charge in [0.2, 0.25) is 0 Å². The van der Waals surface area contributed by atoms with Crippen LogP contribution in [0.3, 0.4) is 0 Å². The second-order valence-electron chi connectivity index (χ2n) is 7.30. The molecule has 0 aliphatic carbocycles. The van der Waals surface area contributed by atoms with Crippen molar-refractivity contribution in [2.45, 2.75) is 38.6 Å². The van der Waals surface area contributed by atoms with E-state index in [4.69, 9.17) is 4.42 Å². The van der Waals surface area contributed by atoms with Crippen LogP contribution in [-0.4, -0.2) is 22.3 Å². The van der Waals surface area contributed by atoms with Crippen molar-refractivity contribution in [1.29, 1.82) is 0 Å². The van der Waals surface area contributed by atoms with E-state index in [1.807, 2.05) is 49.4 Å². The van der Waals surface area contributed by atoms with Gasteiger partial charge in [0.15, 0.2) is 0 Å². The largest absolute Gasteiger partial charge is 0.467 e. The number of nitrogens with zero attached hydrogens (tertiary/aromatic N) is 1. The number of amides is 1. The number of nitrogens with one attached hydrogen (secondary N) is 1. The molecule has 144 valence electrons. The molecule has 3 aromatic rings. The third kappa shape index (κ3) is 3.52. The van der Waals surface area contributed by atoms with Gasteiger partial charge in [-0.05, 0) is 43.5 Å². The number of H-pyrrole nitrogens is 1. The lowest BCUT2D eigenvalue weighted by Crippen LogP contribution is -2.37. The van der Waals surface area contributed by atoms with Crippen LogP contribution in [0, 0.1) is 6.92 Å². The Labute approximate surface area is 164 Å². The van der Waals surface area contributed by atoms with Crippen LogP contribution in [0.4, 0.5) is 0 Å². The third-order valence-corrected chi connectivity index (χ3v) is 5.44. The number of rotatable bonds is 3. The minimum absolute atomic E-state index is 0.133.